The highest BCUT2D eigenvalue weighted by atomic mass is 16.3. The highest BCUT2D eigenvalue weighted by molar-refractivity contribution is 6.00. The van der Waals surface area contributed by atoms with E-state index in [1.54, 1.807) is 13.8 Å². The summed E-state index contributed by atoms with van der Waals surface area (Å²) in [6, 6.07) is 9.42. The zero-order chi connectivity index (χ0) is 12.0. The number of nitrogens with one attached hydrogen (secondary N) is 1. The number of aliphatic hydroxyl groups is 1. The summed E-state index contributed by atoms with van der Waals surface area (Å²) in [5.41, 5.74) is 1.53. The van der Waals surface area contributed by atoms with E-state index in [0.29, 0.717) is 12.3 Å². The Balaban J connectivity index is 2.73. The number of carbonyl (C=O) groups is 1. The monoisotopic (exact) mass is 220 g/mol. The first kappa shape index (κ1) is 12.4. The minimum Gasteiger partial charge on any atom is -0.364 e. The predicted molar refractivity (Wildman–Crippen MR) is 63.3 cm³/mol. The van der Waals surface area contributed by atoms with E-state index in [9.17, 15) is 9.90 Å². The van der Waals surface area contributed by atoms with Crippen molar-refractivity contribution < 1.29 is 9.90 Å². The van der Waals surface area contributed by atoms with Crippen molar-refractivity contribution in [3.8, 4) is 0 Å². The molecule has 0 heterocycles. The van der Waals surface area contributed by atoms with Crippen LogP contribution in [0.2, 0.25) is 0 Å². The lowest BCUT2D eigenvalue weighted by Gasteiger charge is -2.07. The van der Waals surface area contributed by atoms with E-state index in [0.717, 1.165) is 5.56 Å². The largest absolute Gasteiger partial charge is 0.364 e. The maximum Gasteiger partial charge on any atom is 0.271 e. The third-order valence-electron chi connectivity index (χ3n) is 2.09. The van der Waals surface area contributed by atoms with Crippen molar-refractivity contribution in [3.63, 3.8) is 0 Å². The first-order valence-corrected chi connectivity index (χ1v) is 5.20. The van der Waals surface area contributed by atoms with Crippen LogP contribution in [0.3, 0.4) is 0 Å². The van der Waals surface area contributed by atoms with Crippen molar-refractivity contribution in [2.75, 3.05) is 6.54 Å². The first-order chi connectivity index (χ1) is 7.65. The molecule has 1 aromatic carbocycles. The van der Waals surface area contributed by atoms with Gasteiger partial charge in [0.1, 0.15) is 0 Å². The van der Waals surface area contributed by atoms with Crippen LogP contribution >= 0.6 is 0 Å². The summed E-state index contributed by atoms with van der Waals surface area (Å²) in [6.45, 7) is 4.03. The molecule has 1 rings (SSSR count). The van der Waals surface area contributed by atoms with E-state index in [-0.39, 0.29) is 0 Å². The van der Waals surface area contributed by atoms with Crippen LogP contribution in [0.1, 0.15) is 19.4 Å². The second-order valence-corrected chi connectivity index (χ2v) is 3.35. The molecule has 0 aliphatic carbocycles. The fourth-order valence-corrected chi connectivity index (χ4v) is 1.26. The zero-order valence-corrected chi connectivity index (χ0v) is 9.47. The van der Waals surface area contributed by atoms with E-state index >= 15 is 0 Å². The summed E-state index contributed by atoms with van der Waals surface area (Å²) in [5.74, 6) is -0.474. The van der Waals surface area contributed by atoms with Crippen molar-refractivity contribution in [2.45, 2.75) is 20.1 Å². The third-order valence-corrected chi connectivity index (χ3v) is 2.09. The third kappa shape index (κ3) is 3.47. The molecule has 4 heteroatoms. The van der Waals surface area contributed by atoms with Crippen LogP contribution in [0, 0.1) is 0 Å². The second-order valence-electron chi connectivity index (χ2n) is 3.35. The SMILES string of the molecule is CCNC(=O)C(O)/N=C(\C)c1ccccc1. The molecule has 86 valence electrons. The average molecular weight is 220 g/mol. The number of aliphatic hydroxyl groups excluding tert-OH is 1. The van der Waals surface area contributed by atoms with Crippen molar-refractivity contribution >= 4 is 11.6 Å². The van der Waals surface area contributed by atoms with E-state index in [4.69, 9.17) is 0 Å². The van der Waals surface area contributed by atoms with Gasteiger partial charge in [0.25, 0.3) is 5.91 Å². The highest BCUT2D eigenvalue weighted by Gasteiger charge is 2.12. The van der Waals surface area contributed by atoms with Gasteiger partial charge in [0.05, 0.1) is 0 Å². The summed E-state index contributed by atoms with van der Waals surface area (Å²) < 4.78 is 0. The number of aliphatic imine (C=N–C) groups is 1. The fourth-order valence-electron chi connectivity index (χ4n) is 1.26. The number of benzene rings is 1. The van der Waals surface area contributed by atoms with E-state index < -0.39 is 12.1 Å². The number of rotatable bonds is 4. The minimum absolute atomic E-state index is 0.474. The first-order valence-electron chi connectivity index (χ1n) is 5.20. The van der Waals surface area contributed by atoms with Gasteiger partial charge in [-0.25, -0.2) is 4.99 Å². The van der Waals surface area contributed by atoms with Crippen molar-refractivity contribution in [1.29, 1.82) is 0 Å². The Morgan fingerprint density at radius 3 is 2.62 bits per heavy atom. The number of hydrogen-bond acceptors (Lipinski definition) is 3. The Morgan fingerprint density at radius 1 is 1.44 bits per heavy atom. The quantitative estimate of drug-likeness (QED) is 0.742. The molecule has 1 atom stereocenters. The van der Waals surface area contributed by atoms with Gasteiger partial charge < -0.3 is 10.4 Å². The van der Waals surface area contributed by atoms with Crippen LogP contribution in [0.25, 0.3) is 0 Å². The van der Waals surface area contributed by atoms with E-state index in [2.05, 4.69) is 10.3 Å². The van der Waals surface area contributed by atoms with Gasteiger partial charge in [0.2, 0.25) is 6.23 Å². The minimum atomic E-state index is -1.33. The molecule has 0 aromatic heterocycles. The Hall–Kier alpha value is -1.68. The van der Waals surface area contributed by atoms with E-state index in [1.165, 1.54) is 0 Å². The Kier molecular flexibility index (Phi) is 4.66. The van der Waals surface area contributed by atoms with Gasteiger partial charge in [-0.05, 0) is 19.4 Å². The Labute approximate surface area is 95.0 Å². The molecule has 0 saturated carbocycles. The predicted octanol–water partition coefficient (Wildman–Crippen LogP) is 0.950. The summed E-state index contributed by atoms with van der Waals surface area (Å²) in [6.07, 6.45) is -1.33. The number of nitrogens with zero attached hydrogens (tertiary/aromatic N) is 1. The van der Waals surface area contributed by atoms with E-state index in [1.807, 2.05) is 30.3 Å². The van der Waals surface area contributed by atoms with Crippen LogP contribution in [0.4, 0.5) is 0 Å². The molecule has 0 saturated heterocycles. The highest BCUT2D eigenvalue weighted by Crippen LogP contribution is 2.02. The van der Waals surface area contributed by atoms with Crippen molar-refractivity contribution in [3.05, 3.63) is 35.9 Å². The molecule has 0 aliphatic heterocycles. The standard InChI is InChI=1S/C12H16N2O2/c1-3-13-11(15)12(16)14-9(2)10-7-5-4-6-8-10/h4-8,12,16H,3H2,1-2H3,(H,13,15)/b14-9+. The second kappa shape index (κ2) is 6.02. The van der Waals surface area contributed by atoms with Gasteiger partial charge in [-0.15, -0.1) is 0 Å². The number of carbonyl (C=O) groups excluding carboxylic acids is 1. The van der Waals surface area contributed by atoms with Gasteiger partial charge in [0.15, 0.2) is 0 Å². The topological polar surface area (TPSA) is 61.7 Å². The maximum absolute atomic E-state index is 11.2. The Morgan fingerprint density at radius 2 is 2.06 bits per heavy atom. The van der Waals surface area contributed by atoms with Gasteiger partial charge in [0, 0.05) is 12.3 Å². The molecule has 0 spiro atoms. The molecule has 0 bridgehead atoms. The lowest BCUT2D eigenvalue weighted by Crippen LogP contribution is -2.33. The van der Waals surface area contributed by atoms with Gasteiger partial charge in [-0.2, -0.15) is 0 Å². The summed E-state index contributed by atoms with van der Waals surface area (Å²) in [5, 5.41) is 12.0. The molecule has 1 unspecified atom stereocenters. The average Bonchev–Trinajstić information content (AvgIpc) is 2.30. The summed E-state index contributed by atoms with van der Waals surface area (Å²) in [4.78, 5) is 15.2. The molecule has 1 aromatic rings. The molecule has 0 radical (unpaired) electrons. The van der Waals surface area contributed by atoms with Gasteiger partial charge in [-0.3, -0.25) is 4.79 Å². The fraction of sp³-hybridized carbons (Fsp3) is 0.333. The van der Waals surface area contributed by atoms with Crippen LogP contribution in [0.15, 0.2) is 35.3 Å². The number of hydrogen-bond donors (Lipinski definition) is 2. The lowest BCUT2D eigenvalue weighted by atomic mass is 10.1. The number of likely N-dealkylation sites (N-methyl/N-ethyl adjacent to an activating group) is 1. The van der Waals surface area contributed by atoms with Crippen LogP contribution in [-0.4, -0.2) is 29.5 Å². The lowest BCUT2D eigenvalue weighted by molar-refractivity contribution is -0.128. The molecule has 16 heavy (non-hydrogen) atoms. The maximum atomic E-state index is 11.2. The number of amides is 1. The molecule has 4 nitrogen and oxygen atoms in total. The van der Waals surface area contributed by atoms with Crippen LogP contribution in [0.5, 0.6) is 0 Å². The molecule has 0 aliphatic rings. The molecular weight excluding hydrogens is 204 g/mol. The molecule has 0 fully saturated rings. The smallest absolute Gasteiger partial charge is 0.271 e. The van der Waals surface area contributed by atoms with Gasteiger partial charge >= 0.3 is 0 Å². The molecule has 2 N–H and O–H groups in total. The summed E-state index contributed by atoms with van der Waals surface area (Å²) >= 11 is 0. The zero-order valence-electron chi connectivity index (χ0n) is 9.47. The summed E-state index contributed by atoms with van der Waals surface area (Å²) in [7, 11) is 0. The van der Waals surface area contributed by atoms with Crippen molar-refractivity contribution in [2.24, 2.45) is 4.99 Å². The normalized spacial score (nSPS) is 13.3. The van der Waals surface area contributed by atoms with Crippen LogP contribution in [-0.2, 0) is 4.79 Å². The van der Waals surface area contributed by atoms with Gasteiger partial charge in [-0.1, -0.05) is 30.3 Å². The Bertz CT molecular complexity index is 374. The van der Waals surface area contributed by atoms with Crippen molar-refractivity contribution in [1.82, 2.24) is 5.32 Å². The van der Waals surface area contributed by atoms with Crippen LogP contribution < -0.4 is 5.32 Å². The molecular formula is C12H16N2O2. The molecule has 1 amide bonds.